The van der Waals surface area contributed by atoms with Gasteiger partial charge in [-0.1, -0.05) is 13.0 Å². The van der Waals surface area contributed by atoms with Gasteiger partial charge in [-0.15, -0.1) is 0 Å². The van der Waals surface area contributed by atoms with Crippen molar-refractivity contribution in [3.63, 3.8) is 0 Å². The number of hydrogen-bond acceptors (Lipinski definition) is 2. The van der Waals surface area contributed by atoms with Crippen molar-refractivity contribution in [2.45, 2.75) is 6.92 Å². The first kappa shape index (κ1) is 9.17. The lowest BCUT2D eigenvalue weighted by molar-refractivity contribution is -0.131. The van der Waals surface area contributed by atoms with Gasteiger partial charge in [0.05, 0.1) is 0 Å². The summed E-state index contributed by atoms with van der Waals surface area (Å²) in [5.41, 5.74) is 0. The number of hydrogen-bond donors (Lipinski definition) is 1. The second kappa shape index (κ2) is 4.99. The van der Waals surface area contributed by atoms with Crippen LogP contribution in [-0.4, -0.2) is 36.1 Å². The zero-order valence-corrected chi connectivity index (χ0v) is 6.37. The Morgan fingerprint density at radius 3 is 2.70 bits per heavy atom. The molecule has 0 saturated heterocycles. The minimum Gasteiger partial charge on any atom is -0.478 e. The van der Waals surface area contributed by atoms with Gasteiger partial charge in [0, 0.05) is 12.6 Å². The topological polar surface area (TPSA) is 40.5 Å². The van der Waals surface area contributed by atoms with E-state index < -0.39 is 5.97 Å². The van der Waals surface area contributed by atoms with Crippen molar-refractivity contribution in [1.82, 2.24) is 4.90 Å². The van der Waals surface area contributed by atoms with Crippen LogP contribution in [0.4, 0.5) is 0 Å². The summed E-state index contributed by atoms with van der Waals surface area (Å²) in [5.74, 6) is -0.885. The first-order chi connectivity index (χ1) is 4.66. The minimum absolute atomic E-state index is 0.697. The Morgan fingerprint density at radius 2 is 2.30 bits per heavy atom. The van der Waals surface area contributed by atoms with Gasteiger partial charge in [-0.25, -0.2) is 4.79 Å². The van der Waals surface area contributed by atoms with Crippen LogP contribution in [0.5, 0.6) is 0 Å². The van der Waals surface area contributed by atoms with Crippen LogP contribution >= 0.6 is 0 Å². The minimum atomic E-state index is -0.885. The first-order valence-electron chi connectivity index (χ1n) is 3.24. The Kier molecular flexibility index (Phi) is 4.58. The fraction of sp³-hybridized carbons (Fsp3) is 0.571. The van der Waals surface area contributed by atoms with Crippen molar-refractivity contribution in [3.05, 3.63) is 12.2 Å². The van der Waals surface area contributed by atoms with Crippen LogP contribution in [0.25, 0.3) is 0 Å². The molecule has 0 heterocycles. The number of carboxylic acid groups (broad SMARTS) is 1. The van der Waals surface area contributed by atoms with Crippen molar-refractivity contribution in [1.29, 1.82) is 0 Å². The molecule has 3 heteroatoms. The molecule has 0 aliphatic carbocycles. The van der Waals surface area contributed by atoms with Crippen molar-refractivity contribution < 1.29 is 9.90 Å². The molecule has 0 aliphatic rings. The largest absolute Gasteiger partial charge is 0.478 e. The van der Waals surface area contributed by atoms with Gasteiger partial charge in [-0.05, 0) is 13.6 Å². The molecule has 0 saturated carbocycles. The van der Waals surface area contributed by atoms with Crippen LogP contribution in [0.1, 0.15) is 6.92 Å². The molecule has 0 unspecified atom stereocenters. The molecule has 0 aromatic heterocycles. The summed E-state index contributed by atoms with van der Waals surface area (Å²) in [6.07, 6.45) is 2.79. The molecule has 0 aromatic carbocycles. The number of carbonyl (C=O) groups is 1. The molecule has 0 aliphatic heterocycles. The van der Waals surface area contributed by atoms with Gasteiger partial charge in [-0.3, -0.25) is 0 Å². The third-order valence-electron chi connectivity index (χ3n) is 1.22. The van der Waals surface area contributed by atoms with E-state index in [9.17, 15) is 4.79 Å². The molecule has 0 rings (SSSR count). The molecule has 3 nitrogen and oxygen atoms in total. The molecule has 0 aromatic rings. The van der Waals surface area contributed by atoms with E-state index in [1.54, 1.807) is 6.08 Å². The van der Waals surface area contributed by atoms with E-state index in [-0.39, 0.29) is 0 Å². The maximum Gasteiger partial charge on any atom is 0.328 e. The molecule has 10 heavy (non-hydrogen) atoms. The highest BCUT2D eigenvalue weighted by molar-refractivity contribution is 5.79. The Morgan fingerprint density at radius 1 is 1.70 bits per heavy atom. The Hall–Kier alpha value is -0.830. The summed E-state index contributed by atoms with van der Waals surface area (Å²) in [6.45, 7) is 3.65. The smallest absolute Gasteiger partial charge is 0.328 e. The van der Waals surface area contributed by atoms with Gasteiger partial charge in [0.25, 0.3) is 0 Å². The molecule has 0 radical (unpaired) electrons. The Bertz CT molecular complexity index is 132. The van der Waals surface area contributed by atoms with E-state index in [1.165, 1.54) is 0 Å². The quantitative estimate of drug-likeness (QED) is 0.585. The molecular weight excluding hydrogens is 130 g/mol. The average Bonchev–Trinajstić information content (AvgIpc) is 1.87. The summed E-state index contributed by atoms with van der Waals surface area (Å²) in [4.78, 5) is 12.0. The van der Waals surface area contributed by atoms with Crippen LogP contribution in [0.15, 0.2) is 12.2 Å². The van der Waals surface area contributed by atoms with Gasteiger partial charge < -0.3 is 10.0 Å². The first-order valence-corrected chi connectivity index (χ1v) is 3.24. The van der Waals surface area contributed by atoms with E-state index in [0.29, 0.717) is 6.54 Å². The Labute approximate surface area is 61.0 Å². The molecule has 0 amide bonds. The van der Waals surface area contributed by atoms with Crippen LogP contribution in [0.3, 0.4) is 0 Å². The van der Waals surface area contributed by atoms with Gasteiger partial charge in [0.1, 0.15) is 0 Å². The van der Waals surface area contributed by atoms with Crippen molar-refractivity contribution >= 4 is 5.97 Å². The zero-order chi connectivity index (χ0) is 7.98. The van der Waals surface area contributed by atoms with Gasteiger partial charge in [-0.2, -0.15) is 0 Å². The lowest BCUT2D eigenvalue weighted by Gasteiger charge is -2.08. The van der Waals surface area contributed by atoms with E-state index >= 15 is 0 Å². The monoisotopic (exact) mass is 143 g/mol. The number of likely N-dealkylation sites (N-methyl/N-ethyl adjacent to an activating group) is 1. The zero-order valence-electron chi connectivity index (χ0n) is 6.37. The molecule has 0 spiro atoms. The maximum atomic E-state index is 9.96. The van der Waals surface area contributed by atoms with Crippen LogP contribution in [0, 0.1) is 0 Å². The molecule has 0 bridgehead atoms. The lowest BCUT2D eigenvalue weighted by atomic mass is 10.4. The average molecular weight is 143 g/mol. The van der Waals surface area contributed by atoms with Gasteiger partial charge in [0.2, 0.25) is 0 Å². The number of nitrogens with zero attached hydrogens (tertiary/aromatic N) is 1. The number of rotatable bonds is 4. The van der Waals surface area contributed by atoms with E-state index in [4.69, 9.17) is 5.11 Å². The molecule has 0 atom stereocenters. The second-order valence-electron chi connectivity index (χ2n) is 2.10. The van der Waals surface area contributed by atoms with Crippen molar-refractivity contribution in [2.75, 3.05) is 20.1 Å². The summed E-state index contributed by atoms with van der Waals surface area (Å²) in [7, 11) is 1.94. The van der Waals surface area contributed by atoms with Crippen LogP contribution < -0.4 is 0 Å². The maximum absolute atomic E-state index is 9.96. The van der Waals surface area contributed by atoms with Crippen LogP contribution in [0.2, 0.25) is 0 Å². The number of aliphatic carboxylic acids is 1. The third kappa shape index (κ3) is 5.31. The summed E-state index contributed by atoms with van der Waals surface area (Å²) >= 11 is 0. The predicted octanol–water partition coefficient (Wildman–Crippen LogP) is 0.579. The van der Waals surface area contributed by atoms with E-state index in [0.717, 1.165) is 12.6 Å². The van der Waals surface area contributed by atoms with E-state index in [2.05, 4.69) is 0 Å². The fourth-order valence-electron chi connectivity index (χ4n) is 0.463. The fourth-order valence-corrected chi connectivity index (χ4v) is 0.463. The normalized spacial score (nSPS) is 11.1. The SMILES string of the molecule is CCN(C)C/C=C/C(=O)O. The standard InChI is InChI=1S/C7H13NO2/c1-3-8(2)6-4-5-7(9)10/h4-5H,3,6H2,1-2H3,(H,9,10)/b5-4+. The predicted molar refractivity (Wildman–Crippen MR) is 39.9 cm³/mol. The molecule has 58 valence electrons. The Balaban J connectivity index is 3.43. The number of carboxylic acids is 1. The van der Waals surface area contributed by atoms with Crippen LogP contribution in [-0.2, 0) is 4.79 Å². The molecule has 0 fully saturated rings. The highest BCUT2D eigenvalue weighted by Crippen LogP contribution is 1.81. The highest BCUT2D eigenvalue weighted by Gasteiger charge is 1.89. The van der Waals surface area contributed by atoms with Gasteiger partial charge >= 0.3 is 5.97 Å². The lowest BCUT2D eigenvalue weighted by Crippen LogP contribution is -2.17. The molecule has 1 N–H and O–H groups in total. The highest BCUT2D eigenvalue weighted by atomic mass is 16.4. The summed E-state index contributed by atoms with van der Waals surface area (Å²) < 4.78 is 0. The third-order valence-corrected chi connectivity index (χ3v) is 1.22. The van der Waals surface area contributed by atoms with Crippen molar-refractivity contribution in [2.24, 2.45) is 0 Å². The summed E-state index contributed by atoms with van der Waals surface area (Å²) in [6, 6.07) is 0. The van der Waals surface area contributed by atoms with Gasteiger partial charge in [0.15, 0.2) is 0 Å². The van der Waals surface area contributed by atoms with Crippen molar-refractivity contribution in [3.8, 4) is 0 Å². The molecular formula is C7H13NO2. The second-order valence-corrected chi connectivity index (χ2v) is 2.10. The summed E-state index contributed by atoms with van der Waals surface area (Å²) in [5, 5.41) is 8.19. The van der Waals surface area contributed by atoms with E-state index in [1.807, 2.05) is 18.9 Å².